The molecule has 0 aromatic carbocycles. The highest BCUT2D eigenvalue weighted by Gasteiger charge is 2.24. The molecule has 1 saturated heterocycles. The van der Waals surface area contributed by atoms with E-state index in [-0.39, 0.29) is 6.03 Å². The summed E-state index contributed by atoms with van der Waals surface area (Å²) in [4.78, 5) is 24.5. The highest BCUT2D eigenvalue weighted by molar-refractivity contribution is 5.74. The Morgan fingerprint density at radius 2 is 2.14 bits per heavy atom. The van der Waals surface area contributed by atoms with Crippen molar-refractivity contribution in [3.8, 4) is 0 Å². The van der Waals surface area contributed by atoms with Crippen LogP contribution in [-0.4, -0.2) is 53.6 Å². The minimum absolute atomic E-state index is 0.00702. The van der Waals surface area contributed by atoms with E-state index < -0.39 is 0 Å². The number of nitrogens with one attached hydrogen (secondary N) is 1. The standard InChI is InChI=1S/C15H21N5O2/c1-11(2)10-17-14(21)19-6-8-20(9-7-19)15-18-13-12(22-15)4-3-5-16-13/h3-5,11H,6-10H2,1-2H3,(H,17,21). The van der Waals surface area contributed by atoms with Gasteiger partial charge in [0.2, 0.25) is 5.65 Å². The fourth-order valence-electron chi connectivity index (χ4n) is 2.40. The molecule has 118 valence electrons. The predicted molar refractivity (Wildman–Crippen MR) is 83.8 cm³/mol. The third-order valence-electron chi connectivity index (χ3n) is 3.65. The molecule has 7 nitrogen and oxygen atoms in total. The summed E-state index contributed by atoms with van der Waals surface area (Å²) in [6, 6.07) is 4.27. The number of carbonyl (C=O) groups is 1. The Balaban J connectivity index is 1.58. The van der Waals surface area contributed by atoms with Crippen molar-refractivity contribution in [3.63, 3.8) is 0 Å². The van der Waals surface area contributed by atoms with Gasteiger partial charge in [-0.2, -0.15) is 4.98 Å². The van der Waals surface area contributed by atoms with Crippen LogP contribution in [0.5, 0.6) is 0 Å². The van der Waals surface area contributed by atoms with Crippen molar-refractivity contribution in [1.82, 2.24) is 20.2 Å². The van der Waals surface area contributed by atoms with Crippen molar-refractivity contribution in [2.75, 3.05) is 37.6 Å². The number of aromatic nitrogens is 2. The highest BCUT2D eigenvalue weighted by atomic mass is 16.4. The topological polar surface area (TPSA) is 74.5 Å². The molecule has 3 heterocycles. The van der Waals surface area contributed by atoms with Gasteiger partial charge in [-0.3, -0.25) is 0 Å². The maximum atomic E-state index is 12.0. The van der Waals surface area contributed by atoms with Gasteiger partial charge in [-0.25, -0.2) is 9.78 Å². The van der Waals surface area contributed by atoms with E-state index in [1.54, 1.807) is 6.20 Å². The van der Waals surface area contributed by atoms with Gasteiger partial charge in [0.05, 0.1) is 0 Å². The summed E-state index contributed by atoms with van der Waals surface area (Å²) >= 11 is 0. The Morgan fingerprint density at radius 1 is 1.36 bits per heavy atom. The third-order valence-corrected chi connectivity index (χ3v) is 3.65. The van der Waals surface area contributed by atoms with Gasteiger partial charge in [-0.15, -0.1) is 0 Å². The molecule has 2 aromatic rings. The lowest BCUT2D eigenvalue weighted by Crippen LogP contribution is -2.52. The number of carbonyl (C=O) groups excluding carboxylic acids is 1. The van der Waals surface area contributed by atoms with E-state index in [1.807, 2.05) is 21.9 Å². The monoisotopic (exact) mass is 303 g/mol. The normalized spacial score (nSPS) is 15.6. The SMILES string of the molecule is CC(C)CNC(=O)N1CCN(c2nc3ncccc3o2)CC1. The average Bonchev–Trinajstić information content (AvgIpc) is 2.96. The quantitative estimate of drug-likeness (QED) is 0.934. The van der Waals surface area contributed by atoms with Crippen LogP contribution >= 0.6 is 0 Å². The molecule has 0 unspecified atom stereocenters. The Bertz CT molecular complexity index is 613. The zero-order valence-corrected chi connectivity index (χ0v) is 13.0. The van der Waals surface area contributed by atoms with E-state index >= 15 is 0 Å². The first-order chi connectivity index (χ1) is 10.6. The van der Waals surface area contributed by atoms with Crippen LogP contribution < -0.4 is 10.2 Å². The first-order valence-corrected chi connectivity index (χ1v) is 7.63. The van der Waals surface area contributed by atoms with E-state index in [2.05, 4.69) is 29.1 Å². The van der Waals surface area contributed by atoms with E-state index in [0.29, 0.717) is 55.9 Å². The molecule has 0 saturated carbocycles. The van der Waals surface area contributed by atoms with Gasteiger partial charge in [0.15, 0.2) is 5.58 Å². The van der Waals surface area contributed by atoms with Crippen LogP contribution in [0.1, 0.15) is 13.8 Å². The molecule has 0 aliphatic carbocycles. The number of anilines is 1. The summed E-state index contributed by atoms with van der Waals surface area (Å²) < 4.78 is 5.72. The molecule has 0 bridgehead atoms. The number of rotatable bonds is 3. The first-order valence-electron chi connectivity index (χ1n) is 7.63. The molecule has 2 amide bonds. The van der Waals surface area contributed by atoms with Crippen molar-refractivity contribution in [2.24, 2.45) is 5.92 Å². The smallest absolute Gasteiger partial charge is 0.317 e. The van der Waals surface area contributed by atoms with Crippen LogP contribution in [0, 0.1) is 5.92 Å². The Kier molecular flexibility index (Phi) is 4.13. The van der Waals surface area contributed by atoms with Gasteiger partial charge in [0.25, 0.3) is 6.01 Å². The fourth-order valence-corrected chi connectivity index (χ4v) is 2.40. The summed E-state index contributed by atoms with van der Waals surface area (Å²) in [6.07, 6.45) is 1.70. The number of nitrogens with zero attached hydrogens (tertiary/aromatic N) is 4. The number of oxazole rings is 1. The van der Waals surface area contributed by atoms with E-state index in [1.165, 1.54) is 0 Å². The summed E-state index contributed by atoms with van der Waals surface area (Å²) in [5, 5.41) is 2.95. The van der Waals surface area contributed by atoms with Gasteiger partial charge in [-0.1, -0.05) is 13.8 Å². The lowest BCUT2D eigenvalue weighted by Gasteiger charge is -2.33. The second-order valence-corrected chi connectivity index (χ2v) is 5.88. The fraction of sp³-hybridized carbons (Fsp3) is 0.533. The zero-order chi connectivity index (χ0) is 15.5. The molecule has 22 heavy (non-hydrogen) atoms. The maximum absolute atomic E-state index is 12.0. The zero-order valence-electron chi connectivity index (χ0n) is 13.0. The van der Waals surface area contributed by atoms with Crippen molar-refractivity contribution < 1.29 is 9.21 Å². The summed E-state index contributed by atoms with van der Waals surface area (Å²) in [7, 11) is 0. The lowest BCUT2D eigenvalue weighted by atomic mass is 10.2. The van der Waals surface area contributed by atoms with Crippen molar-refractivity contribution in [1.29, 1.82) is 0 Å². The maximum Gasteiger partial charge on any atom is 0.317 e. The lowest BCUT2D eigenvalue weighted by molar-refractivity contribution is 0.192. The van der Waals surface area contributed by atoms with Crippen LogP contribution in [0.4, 0.5) is 10.8 Å². The van der Waals surface area contributed by atoms with Crippen molar-refractivity contribution in [2.45, 2.75) is 13.8 Å². The summed E-state index contributed by atoms with van der Waals surface area (Å²) in [5.74, 6) is 0.456. The van der Waals surface area contributed by atoms with E-state index in [9.17, 15) is 4.79 Å². The number of urea groups is 1. The molecule has 2 aromatic heterocycles. The van der Waals surface area contributed by atoms with Gasteiger partial charge in [0, 0.05) is 38.9 Å². The summed E-state index contributed by atoms with van der Waals surface area (Å²) in [6.45, 7) is 7.62. The molecule has 3 rings (SSSR count). The number of hydrogen-bond acceptors (Lipinski definition) is 5. The summed E-state index contributed by atoms with van der Waals surface area (Å²) in [5.41, 5.74) is 1.31. The minimum atomic E-state index is 0.00702. The van der Waals surface area contributed by atoms with E-state index in [0.717, 1.165) is 0 Å². The van der Waals surface area contributed by atoms with Crippen molar-refractivity contribution in [3.05, 3.63) is 18.3 Å². The van der Waals surface area contributed by atoms with Crippen LogP contribution in [0.25, 0.3) is 11.2 Å². The van der Waals surface area contributed by atoms with Crippen LogP contribution in [0.15, 0.2) is 22.7 Å². The molecule has 1 aliphatic heterocycles. The Morgan fingerprint density at radius 3 is 2.82 bits per heavy atom. The molecule has 1 N–H and O–H groups in total. The van der Waals surface area contributed by atoms with Crippen LogP contribution in [-0.2, 0) is 0 Å². The minimum Gasteiger partial charge on any atom is -0.422 e. The second-order valence-electron chi connectivity index (χ2n) is 5.88. The van der Waals surface area contributed by atoms with E-state index in [4.69, 9.17) is 4.42 Å². The Labute approximate surface area is 129 Å². The molecule has 7 heteroatoms. The van der Waals surface area contributed by atoms with Crippen LogP contribution in [0.3, 0.4) is 0 Å². The number of amides is 2. The highest BCUT2D eigenvalue weighted by Crippen LogP contribution is 2.21. The first kappa shape index (κ1) is 14.6. The van der Waals surface area contributed by atoms with Gasteiger partial charge >= 0.3 is 6.03 Å². The number of hydrogen-bond donors (Lipinski definition) is 1. The number of fused-ring (bicyclic) bond motifs is 1. The second kappa shape index (κ2) is 6.21. The van der Waals surface area contributed by atoms with Crippen LogP contribution in [0.2, 0.25) is 0 Å². The molecule has 0 atom stereocenters. The third kappa shape index (κ3) is 3.13. The number of piperazine rings is 1. The van der Waals surface area contributed by atoms with Gasteiger partial charge in [0.1, 0.15) is 0 Å². The molecule has 1 aliphatic rings. The number of pyridine rings is 1. The Hall–Kier alpha value is -2.31. The molecule has 0 spiro atoms. The largest absolute Gasteiger partial charge is 0.422 e. The van der Waals surface area contributed by atoms with Gasteiger partial charge < -0.3 is 19.5 Å². The van der Waals surface area contributed by atoms with Gasteiger partial charge in [-0.05, 0) is 18.1 Å². The molecular formula is C15H21N5O2. The predicted octanol–water partition coefficient (Wildman–Crippen LogP) is 1.71. The van der Waals surface area contributed by atoms with Crippen molar-refractivity contribution >= 4 is 23.3 Å². The molecule has 1 fully saturated rings. The average molecular weight is 303 g/mol. The molecular weight excluding hydrogens is 282 g/mol. The molecule has 0 radical (unpaired) electrons.